The van der Waals surface area contributed by atoms with Crippen molar-refractivity contribution >= 4 is 47.7 Å². The summed E-state index contributed by atoms with van der Waals surface area (Å²) in [6, 6.07) is 11.6. The van der Waals surface area contributed by atoms with Crippen molar-refractivity contribution in [3.8, 4) is 17.2 Å². The molecule has 1 radical (unpaired) electrons. The van der Waals surface area contributed by atoms with E-state index in [1.54, 1.807) is 38.1 Å². The van der Waals surface area contributed by atoms with E-state index in [1.807, 2.05) is 30.5 Å². The van der Waals surface area contributed by atoms with Gasteiger partial charge in [0.2, 0.25) is 12.8 Å². The van der Waals surface area contributed by atoms with Crippen LogP contribution in [0.25, 0.3) is 11.1 Å². The summed E-state index contributed by atoms with van der Waals surface area (Å²) >= 11 is 2.51. The molecule has 2 aromatic rings. The van der Waals surface area contributed by atoms with E-state index in [2.05, 4.69) is 0 Å². The molecule has 2 aromatic carbocycles. The van der Waals surface area contributed by atoms with Crippen LogP contribution in [-0.2, 0) is 8.98 Å². The van der Waals surface area contributed by atoms with Crippen molar-refractivity contribution in [2.24, 2.45) is 0 Å². The number of Topliss-reactive ketones (excluding diaryl/α,β-unsaturated/α-hetero) is 1. The molecule has 0 bridgehead atoms. The minimum Gasteiger partial charge on any atom is -0.493 e. The highest BCUT2D eigenvalue weighted by Crippen LogP contribution is 2.45. The molecule has 0 saturated carbocycles. The van der Waals surface area contributed by atoms with Gasteiger partial charge in [-0.1, -0.05) is 24.0 Å². The third-order valence-electron chi connectivity index (χ3n) is 4.79. The molecule has 0 saturated heterocycles. The Kier molecular flexibility index (Phi) is 6.74. The number of thioether (sulfide) groups is 1. The lowest BCUT2D eigenvalue weighted by molar-refractivity contribution is -0.118. The molecule has 0 N–H and O–H groups in total. The van der Waals surface area contributed by atoms with Crippen LogP contribution >= 0.6 is 23.7 Å². The number of carbonyl (C=O) groups excluding carboxylic acids is 1. The van der Waals surface area contributed by atoms with E-state index in [1.165, 1.54) is 7.11 Å². The molecule has 0 aliphatic heterocycles. The molecular formula is C21H22BO5S2. The normalized spacial score (nSPS) is 16.6. The van der Waals surface area contributed by atoms with Gasteiger partial charge >= 0.3 is 0 Å². The molecule has 151 valence electrons. The first-order valence-corrected chi connectivity index (χ1v) is 10.8. The van der Waals surface area contributed by atoms with Crippen molar-refractivity contribution in [2.45, 2.75) is 17.4 Å². The first kappa shape index (κ1) is 20.3. The lowest BCUT2D eigenvalue weighted by atomic mass is 9.96. The second-order valence-electron chi connectivity index (χ2n) is 6.25. The van der Waals surface area contributed by atoms with Crippen LogP contribution in [0.2, 0.25) is 0 Å². The van der Waals surface area contributed by atoms with E-state index in [-0.39, 0.29) is 5.78 Å². The monoisotopic (exact) mass is 431 g/mol. The van der Waals surface area contributed by atoms with Crippen LogP contribution in [0.4, 0.5) is 0 Å². The van der Waals surface area contributed by atoms with Gasteiger partial charge in [0.05, 0.1) is 21.3 Å². The summed E-state index contributed by atoms with van der Waals surface area (Å²) in [5.41, 5.74) is 3.07. The number of ether oxygens (including phenoxy) is 3. The molecular weight excluding hydrogens is 407 g/mol. The van der Waals surface area contributed by atoms with Crippen molar-refractivity contribution in [1.82, 2.24) is 0 Å². The third-order valence-corrected chi connectivity index (χ3v) is 5.88. The highest BCUT2D eigenvalue weighted by Gasteiger charge is 2.36. The maximum Gasteiger partial charge on any atom is 0.209 e. The van der Waals surface area contributed by atoms with Gasteiger partial charge in [-0.3, -0.25) is 4.79 Å². The number of carbonyl (C=O) groups is 1. The molecule has 1 unspecified atom stereocenters. The fraction of sp³-hybridized carbons (Fsp3) is 0.286. The van der Waals surface area contributed by atoms with Gasteiger partial charge in [0.1, 0.15) is 6.10 Å². The van der Waals surface area contributed by atoms with Crippen molar-refractivity contribution < 1.29 is 23.2 Å². The second-order valence-corrected chi connectivity index (χ2v) is 7.51. The van der Waals surface area contributed by atoms with Crippen molar-refractivity contribution in [2.75, 3.05) is 27.6 Å². The molecule has 0 spiro atoms. The second kappa shape index (κ2) is 9.65. The Morgan fingerprint density at radius 1 is 1.03 bits per heavy atom. The van der Waals surface area contributed by atoms with Crippen molar-refractivity contribution in [3.63, 3.8) is 0 Å². The van der Waals surface area contributed by atoms with Crippen LogP contribution in [0.1, 0.15) is 17.5 Å². The maximum atomic E-state index is 13.3. The van der Waals surface area contributed by atoms with E-state index in [0.717, 1.165) is 35.0 Å². The van der Waals surface area contributed by atoms with Gasteiger partial charge < -0.3 is 18.4 Å². The lowest BCUT2D eigenvalue weighted by Crippen LogP contribution is -2.17. The van der Waals surface area contributed by atoms with Crippen molar-refractivity contribution in [1.29, 1.82) is 1.34 Å². The number of rotatable bonds is 9. The molecule has 3 rings (SSSR count). The van der Waals surface area contributed by atoms with E-state index < -0.39 is 6.10 Å². The minimum absolute atomic E-state index is 0.137. The van der Waals surface area contributed by atoms with Gasteiger partial charge in [0.15, 0.2) is 17.3 Å². The molecule has 1 atom stereocenters. The summed E-state index contributed by atoms with van der Waals surface area (Å²) < 4.78 is 29.1. The number of ketones is 1. The fourth-order valence-corrected chi connectivity index (χ4v) is 4.13. The topological polar surface area (TPSA) is 54.0 Å². The Morgan fingerprint density at radius 3 is 2.21 bits per heavy atom. The lowest BCUT2D eigenvalue weighted by Gasteiger charge is -2.15. The summed E-state index contributed by atoms with van der Waals surface area (Å²) in [6.07, 6.45) is 1.78. The molecule has 0 aromatic heterocycles. The highest BCUT2D eigenvalue weighted by molar-refractivity contribution is 8.15. The molecule has 1 aliphatic rings. The zero-order valence-corrected chi connectivity index (χ0v) is 18.3. The molecule has 1 aliphatic carbocycles. The predicted octanol–water partition coefficient (Wildman–Crippen LogP) is 4.17. The Morgan fingerprint density at radius 2 is 1.69 bits per heavy atom. The van der Waals surface area contributed by atoms with E-state index in [9.17, 15) is 4.79 Å². The Bertz CT molecular complexity index is 924. The molecule has 8 heteroatoms. The largest absolute Gasteiger partial charge is 0.493 e. The smallest absolute Gasteiger partial charge is 0.209 e. The maximum absolute atomic E-state index is 13.3. The minimum atomic E-state index is -0.666. The molecule has 0 heterocycles. The van der Waals surface area contributed by atoms with Crippen LogP contribution in [0.3, 0.4) is 0 Å². The average Bonchev–Trinajstić information content (AvgIpc) is 3.12. The third kappa shape index (κ3) is 4.29. The molecule has 5 nitrogen and oxygen atoms in total. The Labute approximate surface area is 182 Å². The molecule has 0 fully saturated rings. The number of methoxy groups -OCH3 is 3. The number of hydrogen-bond acceptors (Lipinski definition) is 7. The summed E-state index contributed by atoms with van der Waals surface area (Å²) in [4.78, 5) is 14.4. The SMILES string of the molecule is [3H][B]SOC1CC(c2ccc(SC)cc2)=C(c2cc(OC)c(OC)c(OC)c2)C1=O. The van der Waals surface area contributed by atoms with Gasteiger partial charge in [-0.15, -0.1) is 11.8 Å². The zero-order valence-electron chi connectivity index (χ0n) is 17.7. The Hall–Kier alpha value is -2.03. The van der Waals surface area contributed by atoms with Gasteiger partial charge in [0, 0.05) is 16.9 Å². The van der Waals surface area contributed by atoms with Crippen LogP contribution < -0.4 is 14.2 Å². The van der Waals surface area contributed by atoms with Crippen LogP contribution in [0.15, 0.2) is 41.3 Å². The van der Waals surface area contributed by atoms with Crippen LogP contribution in [-0.4, -0.2) is 47.9 Å². The van der Waals surface area contributed by atoms with E-state index >= 15 is 0 Å². The summed E-state index contributed by atoms with van der Waals surface area (Å²) in [5.74, 6) is 1.28. The first-order valence-electron chi connectivity index (χ1n) is 9.40. The number of hydrogen-bond donors (Lipinski definition) is 0. The van der Waals surface area contributed by atoms with Gasteiger partial charge in [-0.05, 0) is 48.6 Å². The molecule has 0 amide bonds. The predicted molar refractivity (Wildman–Crippen MR) is 120 cm³/mol. The summed E-state index contributed by atoms with van der Waals surface area (Å²) in [7, 11) is 5.69. The average molecular weight is 431 g/mol. The molecule has 29 heavy (non-hydrogen) atoms. The van der Waals surface area contributed by atoms with E-state index in [0.29, 0.717) is 34.8 Å². The van der Waals surface area contributed by atoms with Crippen molar-refractivity contribution in [3.05, 3.63) is 47.5 Å². The summed E-state index contributed by atoms with van der Waals surface area (Å²) in [6.45, 7) is 0. The zero-order chi connectivity index (χ0) is 21.7. The quantitative estimate of drug-likeness (QED) is 0.336. The van der Waals surface area contributed by atoms with E-state index in [4.69, 9.17) is 19.7 Å². The number of benzene rings is 2. The van der Waals surface area contributed by atoms with Gasteiger partial charge in [0.25, 0.3) is 0 Å². The highest BCUT2D eigenvalue weighted by atomic mass is 32.2. The summed E-state index contributed by atoms with van der Waals surface area (Å²) in [5, 5.41) is 0. The Balaban J connectivity index is 2.15. The standard InChI is InChI=1S/C21H22BO5S2/c1-24-17-9-13(10-18(25-2)21(17)26-3)19-15(11-16(20(19)23)27-29-22)12-5-7-14(28-4)8-6-12/h5-10,16,22H,11H2,1-4H3/i22T. The van der Waals surface area contributed by atoms with Gasteiger partial charge in [-0.2, -0.15) is 0 Å². The first-order chi connectivity index (χ1) is 14.6. The fourth-order valence-electron chi connectivity index (χ4n) is 3.43. The van der Waals surface area contributed by atoms with Gasteiger partial charge in [-0.25, -0.2) is 0 Å². The van der Waals surface area contributed by atoms with Crippen LogP contribution in [0, 0.1) is 0 Å². The van der Waals surface area contributed by atoms with Crippen LogP contribution in [0.5, 0.6) is 17.2 Å².